The molecule has 0 radical (unpaired) electrons. The molecular weight excluding hydrogens is 256 g/mol. The molecule has 1 N–H and O–H groups in total. The fourth-order valence-electron chi connectivity index (χ4n) is 2.39. The van der Waals surface area contributed by atoms with E-state index in [1.165, 1.54) is 7.11 Å². The van der Waals surface area contributed by atoms with Gasteiger partial charge in [-0.3, -0.25) is 4.79 Å². The number of carbonyl (C=O) groups is 1. The van der Waals surface area contributed by atoms with Gasteiger partial charge in [-0.1, -0.05) is 13.8 Å². The van der Waals surface area contributed by atoms with Gasteiger partial charge in [0, 0.05) is 26.6 Å². The number of likely N-dealkylation sites (N-methyl/N-ethyl adjacent to an activating group) is 1. The second-order valence-electron chi connectivity index (χ2n) is 5.92. The minimum atomic E-state index is -0.735. The summed E-state index contributed by atoms with van der Waals surface area (Å²) in [6, 6.07) is 0. The lowest BCUT2D eigenvalue weighted by atomic mass is 9.87. The monoisotopic (exact) mass is 288 g/mol. The van der Waals surface area contributed by atoms with E-state index in [9.17, 15) is 4.79 Å². The first-order valence-corrected chi connectivity index (χ1v) is 7.35. The molecule has 0 aliphatic rings. The average molecular weight is 288 g/mol. The molecular formula is C15H32N2O3. The number of ether oxygens (including phenoxy) is 2. The minimum Gasteiger partial charge on any atom is -0.468 e. The highest BCUT2D eigenvalue weighted by Crippen LogP contribution is 2.24. The standard InChI is InChI=1S/C15H32N2O3/c1-8-17(9-2)11-10-16-15(5,13(18)19-6)12-14(3,4)20-7/h16H,8-12H2,1-7H3. The fourth-order valence-corrected chi connectivity index (χ4v) is 2.39. The number of nitrogens with zero attached hydrogens (tertiary/aromatic N) is 1. The van der Waals surface area contributed by atoms with Crippen LogP contribution < -0.4 is 5.32 Å². The maximum Gasteiger partial charge on any atom is 0.325 e. The number of esters is 1. The molecule has 0 aromatic heterocycles. The summed E-state index contributed by atoms with van der Waals surface area (Å²) in [4.78, 5) is 14.4. The Morgan fingerprint density at radius 3 is 2.10 bits per heavy atom. The molecule has 1 atom stereocenters. The van der Waals surface area contributed by atoms with Crippen LogP contribution >= 0.6 is 0 Å². The van der Waals surface area contributed by atoms with E-state index in [1.807, 2.05) is 20.8 Å². The molecule has 120 valence electrons. The van der Waals surface area contributed by atoms with E-state index in [4.69, 9.17) is 9.47 Å². The Kier molecular flexibility index (Phi) is 8.32. The fraction of sp³-hybridized carbons (Fsp3) is 0.933. The molecule has 1 unspecified atom stereocenters. The van der Waals surface area contributed by atoms with E-state index in [2.05, 4.69) is 24.1 Å². The largest absolute Gasteiger partial charge is 0.468 e. The number of carbonyl (C=O) groups excluding carboxylic acids is 1. The number of hydrogen-bond donors (Lipinski definition) is 1. The van der Waals surface area contributed by atoms with E-state index in [-0.39, 0.29) is 11.6 Å². The van der Waals surface area contributed by atoms with E-state index < -0.39 is 5.54 Å². The Morgan fingerprint density at radius 2 is 1.70 bits per heavy atom. The second kappa shape index (κ2) is 8.60. The molecule has 0 saturated heterocycles. The zero-order valence-electron chi connectivity index (χ0n) is 14.2. The molecule has 0 aliphatic carbocycles. The van der Waals surface area contributed by atoms with Crippen LogP contribution in [0.25, 0.3) is 0 Å². The van der Waals surface area contributed by atoms with Crippen LogP contribution in [0, 0.1) is 0 Å². The molecule has 0 aromatic rings. The summed E-state index contributed by atoms with van der Waals surface area (Å²) in [7, 11) is 3.08. The average Bonchev–Trinajstić information content (AvgIpc) is 2.42. The lowest BCUT2D eigenvalue weighted by Crippen LogP contribution is -2.55. The molecule has 0 aliphatic heterocycles. The van der Waals surface area contributed by atoms with Gasteiger partial charge in [0.1, 0.15) is 5.54 Å². The number of nitrogens with one attached hydrogen (secondary N) is 1. The van der Waals surface area contributed by atoms with Gasteiger partial charge >= 0.3 is 5.97 Å². The van der Waals surface area contributed by atoms with Crippen molar-refractivity contribution < 1.29 is 14.3 Å². The van der Waals surface area contributed by atoms with Crippen LogP contribution in [0.3, 0.4) is 0 Å². The molecule has 0 spiro atoms. The SMILES string of the molecule is CCN(CC)CCNC(C)(CC(C)(C)OC)C(=O)OC. The van der Waals surface area contributed by atoms with Gasteiger partial charge in [0.05, 0.1) is 12.7 Å². The van der Waals surface area contributed by atoms with Gasteiger partial charge in [0.2, 0.25) is 0 Å². The molecule has 0 bridgehead atoms. The van der Waals surface area contributed by atoms with Crippen molar-refractivity contribution in [2.24, 2.45) is 0 Å². The molecule has 0 rings (SSSR count). The quantitative estimate of drug-likeness (QED) is 0.620. The number of rotatable bonds is 10. The van der Waals surface area contributed by atoms with Crippen LogP contribution in [0.5, 0.6) is 0 Å². The predicted octanol–water partition coefficient (Wildman–Crippen LogP) is 1.66. The molecule has 0 saturated carbocycles. The summed E-state index contributed by atoms with van der Waals surface area (Å²) in [6.07, 6.45) is 0.557. The van der Waals surface area contributed by atoms with E-state index in [1.54, 1.807) is 7.11 Å². The van der Waals surface area contributed by atoms with Crippen LogP contribution in [0.2, 0.25) is 0 Å². The third-order valence-corrected chi connectivity index (χ3v) is 3.81. The first-order chi connectivity index (χ1) is 9.24. The Balaban J connectivity index is 4.68. The first-order valence-electron chi connectivity index (χ1n) is 7.35. The minimum absolute atomic E-state index is 0.248. The van der Waals surface area contributed by atoms with Crippen LogP contribution in [0.15, 0.2) is 0 Å². The molecule has 0 fully saturated rings. The Morgan fingerprint density at radius 1 is 1.15 bits per heavy atom. The molecule has 5 nitrogen and oxygen atoms in total. The van der Waals surface area contributed by atoms with Crippen molar-refractivity contribution in [1.29, 1.82) is 0 Å². The van der Waals surface area contributed by atoms with E-state index in [0.29, 0.717) is 6.42 Å². The Labute approximate surface area is 124 Å². The third-order valence-electron chi connectivity index (χ3n) is 3.81. The summed E-state index contributed by atoms with van der Waals surface area (Å²) in [6.45, 7) is 13.8. The van der Waals surface area contributed by atoms with Crippen molar-refractivity contribution in [3.63, 3.8) is 0 Å². The summed E-state index contributed by atoms with van der Waals surface area (Å²) in [5, 5.41) is 3.34. The zero-order valence-corrected chi connectivity index (χ0v) is 14.2. The van der Waals surface area contributed by atoms with Gasteiger partial charge in [-0.25, -0.2) is 0 Å². The van der Waals surface area contributed by atoms with Gasteiger partial charge < -0.3 is 19.7 Å². The molecule has 5 heteroatoms. The van der Waals surface area contributed by atoms with Crippen LogP contribution in [-0.4, -0.2) is 62.4 Å². The summed E-state index contributed by atoms with van der Waals surface area (Å²) >= 11 is 0. The van der Waals surface area contributed by atoms with Gasteiger partial charge in [-0.05, 0) is 33.9 Å². The second-order valence-corrected chi connectivity index (χ2v) is 5.92. The summed E-state index contributed by atoms with van der Waals surface area (Å²) in [5.41, 5.74) is -1.12. The molecule has 0 heterocycles. The lowest BCUT2D eigenvalue weighted by Gasteiger charge is -2.36. The molecule has 0 amide bonds. The van der Waals surface area contributed by atoms with Crippen LogP contribution in [0.1, 0.15) is 41.0 Å². The van der Waals surface area contributed by atoms with Gasteiger partial charge in [-0.15, -0.1) is 0 Å². The van der Waals surface area contributed by atoms with Gasteiger partial charge in [0.25, 0.3) is 0 Å². The topological polar surface area (TPSA) is 50.8 Å². The van der Waals surface area contributed by atoms with Crippen molar-refractivity contribution in [2.75, 3.05) is 40.4 Å². The zero-order chi connectivity index (χ0) is 15.8. The Bertz CT molecular complexity index is 291. The highest BCUT2D eigenvalue weighted by atomic mass is 16.5. The number of methoxy groups -OCH3 is 2. The van der Waals surface area contributed by atoms with Crippen molar-refractivity contribution in [2.45, 2.75) is 52.2 Å². The van der Waals surface area contributed by atoms with Crippen LogP contribution in [0.4, 0.5) is 0 Å². The third kappa shape index (κ3) is 6.20. The maximum atomic E-state index is 12.1. The van der Waals surface area contributed by atoms with Crippen molar-refractivity contribution >= 4 is 5.97 Å². The summed E-state index contributed by atoms with van der Waals surface area (Å²) < 4.78 is 10.4. The smallest absolute Gasteiger partial charge is 0.325 e. The highest BCUT2D eigenvalue weighted by Gasteiger charge is 2.39. The van der Waals surface area contributed by atoms with Crippen molar-refractivity contribution in [3.05, 3.63) is 0 Å². The normalized spacial score (nSPS) is 15.2. The van der Waals surface area contributed by atoms with Crippen molar-refractivity contribution in [1.82, 2.24) is 10.2 Å². The maximum absolute atomic E-state index is 12.1. The number of hydrogen-bond acceptors (Lipinski definition) is 5. The Hall–Kier alpha value is -0.650. The first kappa shape index (κ1) is 19.4. The lowest BCUT2D eigenvalue weighted by molar-refractivity contribution is -0.151. The van der Waals surface area contributed by atoms with E-state index >= 15 is 0 Å². The van der Waals surface area contributed by atoms with Gasteiger partial charge in [0.15, 0.2) is 0 Å². The summed E-state index contributed by atoms with van der Waals surface area (Å²) in [5.74, 6) is -0.248. The molecule has 0 aromatic carbocycles. The highest BCUT2D eigenvalue weighted by molar-refractivity contribution is 5.80. The van der Waals surface area contributed by atoms with Crippen molar-refractivity contribution in [3.8, 4) is 0 Å². The van der Waals surface area contributed by atoms with Gasteiger partial charge in [-0.2, -0.15) is 0 Å². The predicted molar refractivity (Wildman–Crippen MR) is 81.9 cm³/mol. The van der Waals surface area contributed by atoms with E-state index in [0.717, 1.165) is 26.2 Å². The molecule has 20 heavy (non-hydrogen) atoms. The van der Waals surface area contributed by atoms with Crippen LogP contribution in [-0.2, 0) is 14.3 Å².